The topological polar surface area (TPSA) is 54.0 Å². The number of esters is 1. The van der Waals surface area contributed by atoms with Crippen molar-refractivity contribution in [1.82, 2.24) is 0 Å². The smallest absolute Gasteiger partial charge is 0.341 e. The molecule has 2 aliphatic heterocycles. The van der Waals surface area contributed by atoms with Gasteiger partial charge in [-0.1, -0.05) is 0 Å². The molecule has 19 heavy (non-hydrogen) atoms. The number of carbonyl (C=O) groups is 1. The van der Waals surface area contributed by atoms with Crippen molar-refractivity contribution in [3.8, 4) is 11.5 Å². The van der Waals surface area contributed by atoms with Crippen molar-refractivity contribution in [2.45, 2.75) is 31.7 Å². The minimum Gasteiger partial charge on any atom is -0.497 e. The molecule has 0 saturated carbocycles. The van der Waals surface area contributed by atoms with Crippen LogP contribution in [-0.4, -0.2) is 25.8 Å². The molecule has 1 aromatic carbocycles. The van der Waals surface area contributed by atoms with Crippen LogP contribution in [0, 0.1) is 0 Å². The highest BCUT2D eigenvalue weighted by atomic mass is 16.8. The summed E-state index contributed by atoms with van der Waals surface area (Å²) in [5.74, 6) is -0.130. The number of hydrogen-bond acceptors (Lipinski definition) is 5. The summed E-state index contributed by atoms with van der Waals surface area (Å²) >= 11 is 0. The van der Waals surface area contributed by atoms with E-state index in [2.05, 4.69) is 0 Å². The minimum absolute atomic E-state index is 0.341. The first-order valence-electron chi connectivity index (χ1n) is 6.11. The third kappa shape index (κ3) is 1.54. The summed E-state index contributed by atoms with van der Waals surface area (Å²) in [5, 5.41) is 0. The van der Waals surface area contributed by atoms with Gasteiger partial charge < -0.3 is 18.9 Å². The zero-order valence-electron chi connectivity index (χ0n) is 11.4. The first-order valence-corrected chi connectivity index (χ1v) is 6.11. The van der Waals surface area contributed by atoms with Gasteiger partial charge in [0.1, 0.15) is 11.5 Å². The minimum atomic E-state index is -1.09. The van der Waals surface area contributed by atoms with Gasteiger partial charge in [-0.2, -0.15) is 0 Å². The Morgan fingerprint density at radius 3 is 2.58 bits per heavy atom. The van der Waals surface area contributed by atoms with E-state index >= 15 is 0 Å². The fourth-order valence-corrected chi connectivity index (χ4v) is 2.93. The molecule has 3 rings (SSSR count). The Bertz CT molecular complexity index is 567. The summed E-state index contributed by atoms with van der Waals surface area (Å²) in [4.78, 5) is 12.0. The van der Waals surface area contributed by atoms with Gasteiger partial charge in [-0.3, -0.25) is 0 Å². The predicted molar refractivity (Wildman–Crippen MR) is 66.2 cm³/mol. The molecule has 1 aromatic rings. The quantitative estimate of drug-likeness (QED) is 0.762. The van der Waals surface area contributed by atoms with Crippen molar-refractivity contribution in [2.75, 3.05) is 14.2 Å². The Labute approximate surface area is 111 Å². The van der Waals surface area contributed by atoms with Crippen LogP contribution in [0.4, 0.5) is 0 Å². The van der Waals surface area contributed by atoms with E-state index in [1.807, 2.05) is 6.07 Å². The third-order valence-corrected chi connectivity index (χ3v) is 3.73. The highest BCUT2D eigenvalue weighted by Crippen LogP contribution is 2.51. The van der Waals surface area contributed by atoms with Crippen LogP contribution in [-0.2, 0) is 26.5 Å². The van der Waals surface area contributed by atoms with Gasteiger partial charge in [0, 0.05) is 19.4 Å². The number of hydrogen-bond donors (Lipinski definition) is 0. The van der Waals surface area contributed by atoms with Crippen LogP contribution < -0.4 is 9.47 Å². The van der Waals surface area contributed by atoms with Crippen molar-refractivity contribution in [1.29, 1.82) is 0 Å². The van der Waals surface area contributed by atoms with Gasteiger partial charge in [-0.15, -0.1) is 0 Å². The molecular formula is C14H16O5. The Morgan fingerprint density at radius 1 is 1.21 bits per heavy atom. The fraction of sp³-hybridized carbons (Fsp3) is 0.500. The Kier molecular flexibility index (Phi) is 2.35. The predicted octanol–water partition coefficient (Wildman–Crippen LogP) is 1.76. The second-order valence-corrected chi connectivity index (χ2v) is 5.21. The van der Waals surface area contributed by atoms with Crippen molar-refractivity contribution < 1.29 is 23.7 Å². The van der Waals surface area contributed by atoms with Gasteiger partial charge >= 0.3 is 5.97 Å². The average Bonchev–Trinajstić information content (AvgIpc) is 2.54. The lowest BCUT2D eigenvalue weighted by atomic mass is 9.87. The van der Waals surface area contributed by atoms with Crippen molar-refractivity contribution in [3.63, 3.8) is 0 Å². The van der Waals surface area contributed by atoms with Crippen LogP contribution in [0.2, 0.25) is 0 Å². The van der Waals surface area contributed by atoms with Crippen molar-refractivity contribution in [2.24, 2.45) is 0 Å². The van der Waals surface area contributed by atoms with Crippen LogP contribution >= 0.6 is 0 Å². The fourth-order valence-electron chi connectivity index (χ4n) is 2.93. The second kappa shape index (κ2) is 3.63. The Hall–Kier alpha value is -1.75. The standard InChI is InChI=1S/C14H16O5/c1-13-7-8-5-9(16-3)6-10(17-4)11(8)14(2,19-13)18-12(13)15/h5-6H,7H2,1-4H3. The number of methoxy groups -OCH3 is 2. The molecule has 2 bridgehead atoms. The molecule has 0 amide bonds. The van der Waals surface area contributed by atoms with E-state index in [1.165, 1.54) is 0 Å². The average molecular weight is 264 g/mol. The molecule has 102 valence electrons. The summed E-state index contributed by atoms with van der Waals surface area (Å²) in [6.07, 6.45) is 0.449. The molecule has 0 spiro atoms. The Balaban J connectivity index is 2.24. The maximum Gasteiger partial charge on any atom is 0.341 e. The largest absolute Gasteiger partial charge is 0.497 e. The summed E-state index contributed by atoms with van der Waals surface area (Å²) in [6, 6.07) is 3.67. The molecule has 1 saturated heterocycles. The van der Waals surface area contributed by atoms with E-state index in [0.29, 0.717) is 17.9 Å². The maximum absolute atomic E-state index is 12.0. The molecule has 2 aliphatic rings. The lowest BCUT2D eigenvalue weighted by molar-refractivity contribution is -0.190. The number of rotatable bonds is 2. The first-order chi connectivity index (χ1) is 8.92. The normalized spacial score (nSPS) is 31.7. The summed E-state index contributed by atoms with van der Waals surface area (Å²) < 4.78 is 21.9. The number of fused-ring (bicyclic) bond motifs is 4. The van der Waals surface area contributed by atoms with E-state index in [4.69, 9.17) is 18.9 Å². The monoisotopic (exact) mass is 264 g/mol. The Morgan fingerprint density at radius 2 is 1.95 bits per heavy atom. The van der Waals surface area contributed by atoms with E-state index in [-0.39, 0.29) is 5.97 Å². The van der Waals surface area contributed by atoms with Crippen LogP contribution in [0.3, 0.4) is 0 Å². The van der Waals surface area contributed by atoms with Crippen LogP contribution in [0.1, 0.15) is 25.0 Å². The molecule has 0 radical (unpaired) electrons. The van der Waals surface area contributed by atoms with Gasteiger partial charge in [0.2, 0.25) is 5.79 Å². The van der Waals surface area contributed by atoms with E-state index < -0.39 is 11.4 Å². The molecule has 5 heteroatoms. The van der Waals surface area contributed by atoms with Gasteiger partial charge in [0.15, 0.2) is 5.60 Å². The van der Waals surface area contributed by atoms with Crippen LogP contribution in [0.15, 0.2) is 12.1 Å². The molecular weight excluding hydrogens is 248 g/mol. The number of ether oxygens (including phenoxy) is 4. The van der Waals surface area contributed by atoms with Gasteiger partial charge in [0.25, 0.3) is 0 Å². The first kappa shape index (κ1) is 12.3. The number of carbonyl (C=O) groups excluding carboxylic acids is 1. The zero-order valence-corrected chi connectivity index (χ0v) is 11.4. The van der Waals surface area contributed by atoms with Crippen LogP contribution in [0.5, 0.6) is 11.5 Å². The zero-order chi connectivity index (χ0) is 13.8. The van der Waals surface area contributed by atoms with Gasteiger partial charge in [0.05, 0.1) is 19.8 Å². The molecule has 0 N–H and O–H groups in total. The molecule has 2 atom stereocenters. The SMILES string of the molecule is COc1cc2c(c(OC)c1)C1(C)OC(=O)C(C)(C2)O1. The van der Waals surface area contributed by atoms with Gasteiger partial charge in [-0.05, 0) is 18.6 Å². The third-order valence-electron chi connectivity index (χ3n) is 3.73. The lowest BCUT2D eigenvalue weighted by Gasteiger charge is -2.34. The van der Waals surface area contributed by atoms with E-state index in [1.54, 1.807) is 34.1 Å². The second-order valence-electron chi connectivity index (χ2n) is 5.21. The molecule has 5 nitrogen and oxygen atoms in total. The van der Waals surface area contributed by atoms with Crippen molar-refractivity contribution in [3.05, 3.63) is 23.3 Å². The molecule has 0 aliphatic carbocycles. The van der Waals surface area contributed by atoms with Crippen molar-refractivity contribution >= 4 is 5.97 Å². The molecule has 1 fully saturated rings. The summed E-state index contributed by atoms with van der Waals surface area (Å²) in [7, 11) is 3.17. The summed E-state index contributed by atoms with van der Waals surface area (Å²) in [5.41, 5.74) is 0.788. The van der Waals surface area contributed by atoms with Crippen LogP contribution in [0.25, 0.3) is 0 Å². The maximum atomic E-state index is 12.0. The molecule has 2 unspecified atom stereocenters. The van der Waals surface area contributed by atoms with E-state index in [0.717, 1.165) is 11.1 Å². The molecule has 2 heterocycles. The molecule has 0 aromatic heterocycles. The summed E-state index contributed by atoms with van der Waals surface area (Å²) in [6.45, 7) is 3.48. The van der Waals surface area contributed by atoms with E-state index in [9.17, 15) is 4.79 Å². The highest BCUT2D eigenvalue weighted by Gasteiger charge is 2.59. The number of benzene rings is 1. The van der Waals surface area contributed by atoms with Gasteiger partial charge in [-0.25, -0.2) is 4.79 Å². The highest BCUT2D eigenvalue weighted by molar-refractivity contribution is 5.83. The lowest BCUT2D eigenvalue weighted by Crippen LogP contribution is -2.40.